The number of rotatable bonds is 10. The molecular formula is C28H29Cl2FN2O2. The quantitative estimate of drug-likeness (QED) is 0.348. The van der Waals surface area contributed by atoms with Crippen molar-refractivity contribution in [2.45, 2.75) is 51.7 Å². The van der Waals surface area contributed by atoms with E-state index in [1.54, 1.807) is 35.2 Å². The molecule has 3 aromatic carbocycles. The molecule has 0 bridgehead atoms. The van der Waals surface area contributed by atoms with Crippen molar-refractivity contribution >= 4 is 35.0 Å². The Morgan fingerprint density at radius 2 is 1.66 bits per heavy atom. The van der Waals surface area contributed by atoms with Gasteiger partial charge in [-0.25, -0.2) is 4.39 Å². The summed E-state index contributed by atoms with van der Waals surface area (Å²) in [5, 5.41) is 3.93. The van der Waals surface area contributed by atoms with Gasteiger partial charge in [-0.05, 0) is 54.3 Å². The molecule has 2 atom stereocenters. The van der Waals surface area contributed by atoms with Gasteiger partial charge in [0.2, 0.25) is 11.8 Å². The lowest BCUT2D eigenvalue weighted by molar-refractivity contribution is -0.141. The Bertz CT molecular complexity index is 1140. The summed E-state index contributed by atoms with van der Waals surface area (Å²) in [5.41, 5.74) is 2.26. The zero-order valence-electron chi connectivity index (χ0n) is 19.8. The van der Waals surface area contributed by atoms with E-state index in [9.17, 15) is 14.0 Å². The summed E-state index contributed by atoms with van der Waals surface area (Å²) in [4.78, 5) is 28.7. The van der Waals surface area contributed by atoms with Crippen LogP contribution in [0, 0.1) is 5.82 Å². The minimum atomic E-state index is -0.772. The molecule has 2 unspecified atom stereocenters. The first-order valence-corrected chi connectivity index (χ1v) is 12.3. The summed E-state index contributed by atoms with van der Waals surface area (Å²) in [5.74, 6) is -0.871. The molecule has 0 aliphatic heterocycles. The Hall–Kier alpha value is -2.89. The van der Waals surface area contributed by atoms with Gasteiger partial charge in [0.15, 0.2) is 0 Å². The molecule has 0 saturated heterocycles. The molecule has 0 aliphatic rings. The maximum atomic E-state index is 13.7. The molecule has 0 heterocycles. The van der Waals surface area contributed by atoms with Gasteiger partial charge in [0.1, 0.15) is 11.9 Å². The predicted molar refractivity (Wildman–Crippen MR) is 139 cm³/mol. The number of benzene rings is 3. The second kappa shape index (κ2) is 12.7. The van der Waals surface area contributed by atoms with Crippen molar-refractivity contribution in [1.82, 2.24) is 10.2 Å². The second-order valence-corrected chi connectivity index (χ2v) is 9.43. The summed E-state index contributed by atoms with van der Waals surface area (Å²) in [6, 6.07) is 19.6. The van der Waals surface area contributed by atoms with Crippen LogP contribution in [-0.2, 0) is 29.0 Å². The monoisotopic (exact) mass is 514 g/mol. The molecule has 4 nitrogen and oxygen atoms in total. The molecule has 184 valence electrons. The highest BCUT2D eigenvalue weighted by Gasteiger charge is 2.31. The topological polar surface area (TPSA) is 49.4 Å². The van der Waals surface area contributed by atoms with E-state index in [0.29, 0.717) is 27.6 Å². The van der Waals surface area contributed by atoms with Gasteiger partial charge in [0.25, 0.3) is 0 Å². The van der Waals surface area contributed by atoms with Gasteiger partial charge < -0.3 is 10.2 Å². The molecule has 0 aliphatic carbocycles. The van der Waals surface area contributed by atoms with Gasteiger partial charge in [-0.15, -0.1) is 0 Å². The number of carbonyl (C=O) groups is 2. The van der Waals surface area contributed by atoms with E-state index in [1.807, 2.05) is 44.2 Å². The fourth-order valence-electron chi connectivity index (χ4n) is 3.71. The normalized spacial score (nSPS) is 12.6. The number of nitrogens with one attached hydrogen (secondary N) is 1. The van der Waals surface area contributed by atoms with Crippen LogP contribution in [0.2, 0.25) is 10.0 Å². The summed E-state index contributed by atoms with van der Waals surface area (Å²) < 4.78 is 13.4. The lowest BCUT2D eigenvalue weighted by Crippen LogP contribution is -2.52. The van der Waals surface area contributed by atoms with Gasteiger partial charge in [0.05, 0.1) is 6.42 Å². The van der Waals surface area contributed by atoms with Crippen molar-refractivity contribution in [1.29, 1.82) is 0 Å². The van der Waals surface area contributed by atoms with Crippen molar-refractivity contribution in [2.24, 2.45) is 0 Å². The Kier molecular flexibility index (Phi) is 9.70. The van der Waals surface area contributed by atoms with Gasteiger partial charge in [0, 0.05) is 29.1 Å². The van der Waals surface area contributed by atoms with Crippen LogP contribution in [-0.4, -0.2) is 28.8 Å². The highest BCUT2D eigenvalue weighted by molar-refractivity contribution is 6.35. The van der Waals surface area contributed by atoms with Crippen LogP contribution in [0.4, 0.5) is 4.39 Å². The molecule has 35 heavy (non-hydrogen) atoms. The molecule has 0 aromatic heterocycles. The highest BCUT2D eigenvalue weighted by Crippen LogP contribution is 2.24. The van der Waals surface area contributed by atoms with Gasteiger partial charge in [-0.1, -0.05) is 78.7 Å². The first kappa shape index (κ1) is 26.7. The summed E-state index contributed by atoms with van der Waals surface area (Å²) >= 11 is 12.5. The van der Waals surface area contributed by atoms with E-state index in [0.717, 1.165) is 12.0 Å². The number of hydrogen-bond donors (Lipinski definition) is 1. The Balaban J connectivity index is 1.99. The fourth-order valence-corrected chi connectivity index (χ4v) is 4.18. The smallest absolute Gasteiger partial charge is 0.243 e. The van der Waals surface area contributed by atoms with E-state index in [-0.39, 0.29) is 36.6 Å². The SMILES string of the molecule is CCC(C)NC(=O)C(Cc1ccccc1)N(Cc1ccc(Cl)cc1Cl)C(=O)Cc1ccc(F)cc1. The minimum absolute atomic E-state index is 0.0212. The number of halogens is 3. The molecule has 0 saturated carbocycles. The van der Waals surface area contributed by atoms with Crippen LogP contribution in [0.3, 0.4) is 0 Å². The molecule has 3 aromatic rings. The molecule has 1 N–H and O–H groups in total. The molecule has 3 rings (SSSR count). The molecule has 0 radical (unpaired) electrons. The summed E-state index contributed by atoms with van der Waals surface area (Å²) in [6.07, 6.45) is 1.12. The summed E-state index contributed by atoms with van der Waals surface area (Å²) in [6.45, 7) is 4.04. The van der Waals surface area contributed by atoms with Gasteiger partial charge in [-0.2, -0.15) is 0 Å². The average molecular weight is 515 g/mol. The van der Waals surface area contributed by atoms with Crippen LogP contribution in [0.5, 0.6) is 0 Å². The van der Waals surface area contributed by atoms with Crippen LogP contribution in [0.15, 0.2) is 72.8 Å². The van der Waals surface area contributed by atoms with E-state index >= 15 is 0 Å². The average Bonchev–Trinajstić information content (AvgIpc) is 2.84. The van der Waals surface area contributed by atoms with Crippen LogP contribution in [0.1, 0.15) is 37.0 Å². The lowest BCUT2D eigenvalue weighted by Gasteiger charge is -2.32. The van der Waals surface area contributed by atoms with Crippen molar-refractivity contribution in [3.8, 4) is 0 Å². The maximum Gasteiger partial charge on any atom is 0.243 e. The maximum absolute atomic E-state index is 13.7. The van der Waals surface area contributed by atoms with Crippen LogP contribution < -0.4 is 5.32 Å². The Morgan fingerprint density at radius 3 is 2.29 bits per heavy atom. The van der Waals surface area contributed by atoms with E-state index < -0.39 is 6.04 Å². The number of carbonyl (C=O) groups excluding carboxylic acids is 2. The van der Waals surface area contributed by atoms with Crippen LogP contribution >= 0.6 is 23.2 Å². The molecule has 0 fully saturated rings. The number of amides is 2. The molecule has 7 heteroatoms. The first-order chi connectivity index (χ1) is 16.8. The highest BCUT2D eigenvalue weighted by atomic mass is 35.5. The number of hydrogen-bond acceptors (Lipinski definition) is 2. The fraction of sp³-hybridized carbons (Fsp3) is 0.286. The molecule has 0 spiro atoms. The van der Waals surface area contributed by atoms with Crippen molar-refractivity contribution in [2.75, 3.05) is 0 Å². The number of nitrogens with zero attached hydrogens (tertiary/aromatic N) is 1. The second-order valence-electron chi connectivity index (χ2n) is 8.58. The van der Waals surface area contributed by atoms with Gasteiger partial charge >= 0.3 is 0 Å². The Morgan fingerprint density at radius 1 is 0.971 bits per heavy atom. The van der Waals surface area contributed by atoms with Gasteiger partial charge in [-0.3, -0.25) is 9.59 Å². The van der Waals surface area contributed by atoms with E-state index in [1.165, 1.54) is 12.1 Å². The van der Waals surface area contributed by atoms with Crippen LogP contribution in [0.25, 0.3) is 0 Å². The Labute approximate surface area is 216 Å². The first-order valence-electron chi connectivity index (χ1n) is 11.6. The minimum Gasteiger partial charge on any atom is -0.352 e. The van der Waals surface area contributed by atoms with E-state index in [2.05, 4.69) is 5.32 Å². The van der Waals surface area contributed by atoms with E-state index in [4.69, 9.17) is 23.2 Å². The van der Waals surface area contributed by atoms with Crippen molar-refractivity contribution < 1.29 is 14.0 Å². The third-order valence-corrected chi connectivity index (χ3v) is 6.48. The largest absolute Gasteiger partial charge is 0.352 e. The van der Waals surface area contributed by atoms with Crippen molar-refractivity contribution in [3.05, 3.63) is 105 Å². The summed E-state index contributed by atoms with van der Waals surface area (Å²) in [7, 11) is 0. The molecule has 2 amide bonds. The zero-order valence-corrected chi connectivity index (χ0v) is 21.3. The predicted octanol–water partition coefficient (Wildman–Crippen LogP) is 6.23. The van der Waals surface area contributed by atoms with Crippen molar-refractivity contribution in [3.63, 3.8) is 0 Å². The third-order valence-electron chi connectivity index (χ3n) is 5.90. The zero-order chi connectivity index (χ0) is 25.4. The standard InChI is InChI=1S/C28H29Cl2FN2O2/c1-3-19(2)32-28(35)26(15-20-7-5-4-6-8-20)33(18-22-11-12-23(29)17-25(22)30)27(34)16-21-9-13-24(31)14-10-21/h4-14,17,19,26H,3,15-16,18H2,1-2H3,(H,32,35). The third kappa shape index (κ3) is 7.81. The molecular weight excluding hydrogens is 486 g/mol. The lowest BCUT2D eigenvalue weighted by atomic mass is 10.0.